The van der Waals surface area contributed by atoms with Gasteiger partial charge in [0, 0.05) is 5.71 Å². The van der Waals surface area contributed by atoms with E-state index in [9.17, 15) is 4.79 Å². The molecule has 0 atom stereocenters. The van der Waals surface area contributed by atoms with Gasteiger partial charge in [0.15, 0.2) is 0 Å². The summed E-state index contributed by atoms with van der Waals surface area (Å²) < 4.78 is 0. The third kappa shape index (κ3) is 5.98. The van der Waals surface area contributed by atoms with E-state index in [0.717, 1.165) is 50.7 Å². The molecular weight excluding hydrogens is 262 g/mol. The smallest absolute Gasteiger partial charge is 0.332 e. The van der Waals surface area contributed by atoms with Crippen LogP contribution in [0.1, 0.15) is 56.1 Å². The number of carbonyl (C=O) groups excluding carboxylic acids is 1. The third-order valence-corrected chi connectivity index (χ3v) is 3.96. The molecule has 3 rings (SSSR count). The molecule has 2 amide bonds. The van der Waals surface area contributed by atoms with Gasteiger partial charge >= 0.3 is 6.03 Å². The summed E-state index contributed by atoms with van der Waals surface area (Å²) in [4.78, 5) is 10.8. The molecule has 3 N–H and O–H groups in total. The minimum Gasteiger partial charge on any atom is -0.350 e. The molecule has 4 heteroatoms. The van der Waals surface area contributed by atoms with Crippen LogP contribution in [-0.4, -0.2) is 11.7 Å². The van der Waals surface area contributed by atoms with Crippen molar-refractivity contribution in [3.8, 4) is 0 Å². The summed E-state index contributed by atoms with van der Waals surface area (Å²) >= 11 is 0. The van der Waals surface area contributed by atoms with Gasteiger partial charge in [-0.1, -0.05) is 30.7 Å². The second-order valence-electron chi connectivity index (χ2n) is 5.74. The van der Waals surface area contributed by atoms with Gasteiger partial charge in [0.1, 0.15) is 0 Å². The Bertz CT molecular complexity index is 479. The van der Waals surface area contributed by atoms with Gasteiger partial charge in [0.05, 0.1) is 0 Å². The maximum atomic E-state index is 10.8. The average Bonchev–Trinajstić information content (AvgIpc) is 2.49. The van der Waals surface area contributed by atoms with Crippen molar-refractivity contribution in [2.75, 3.05) is 0 Å². The highest BCUT2D eigenvalue weighted by Gasteiger charge is 2.04. The highest BCUT2D eigenvalue weighted by molar-refractivity contribution is 5.85. The monoisotopic (exact) mass is 287 g/mol. The van der Waals surface area contributed by atoms with Crippen molar-refractivity contribution in [1.29, 1.82) is 0 Å². The van der Waals surface area contributed by atoms with E-state index in [2.05, 4.69) is 34.8 Å². The van der Waals surface area contributed by atoms with Gasteiger partial charge in [-0.05, 0) is 62.5 Å². The van der Waals surface area contributed by atoms with E-state index in [1.54, 1.807) is 0 Å². The lowest BCUT2D eigenvalue weighted by molar-refractivity contribution is 0.249. The first-order valence-corrected chi connectivity index (χ1v) is 7.93. The molecule has 0 aliphatic heterocycles. The van der Waals surface area contributed by atoms with Crippen molar-refractivity contribution >= 4 is 11.7 Å². The molecule has 2 bridgehead atoms. The van der Waals surface area contributed by atoms with Gasteiger partial charge in [-0.3, -0.25) is 0 Å². The zero-order valence-electron chi connectivity index (χ0n) is 12.6. The zero-order chi connectivity index (χ0) is 14.9. The number of hydrogen-bond donors (Lipinski definition) is 2. The van der Waals surface area contributed by atoms with Crippen LogP contribution in [0.5, 0.6) is 0 Å². The molecule has 21 heavy (non-hydrogen) atoms. The SMILES string of the molecule is NC(=O)NN=C1CCCCCc2ccc(cc2)CCCC1. The summed E-state index contributed by atoms with van der Waals surface area (Å²) in [6.07, 6.45) is 9.92. The van der Waals surface area contributed by atoms with Crippen LogP contribution in [0, 0.1) is 0 Å². The number of fused-ring (bicyclic) bond motifs is 11. The molecule has 1 aromatic carbocycles. The van der Waals surface area contributed by atoms with Crippen molar-refractivity contribution in [3.63, 3.8) is 0 Å². The first-order valence-electron chi connectivity index (χ1n) is 7.93. The van der Waals surface area contributed by atoms with Crippen LogP contribution in [0.2, 0.25) is 0 Å². The summed E-state index contributed by atoms with van der Waals surface area (Å²) in [5.41, 5.74) is 11.4. The van der Waals surface area contributed by atoms with Crippen LogP contribution in [0.15, 0.2) is 29.4 Å². The van der Waals surface area contributed by atoms with Gasteiger partial charge in [-0.2, -0.15) is 5.10 Å². The first kappa shape index (κ1) is 15.5. The number of nitrogens with one attached hydrogen (secondary N) is 1. The fourth-order valence-electron chi connectivity index (χ4n) is 2.74. The van der Waals surface area contributed by atoms with Gasteiger partial charge in [-0.25, -0.2) is 10.2 Å². The summed E-state index contributed by atoms with van der Waals surface area (Å²) in [6, 6.07) is 8.46. The summed E-state index contributed by atoms with van der Waals surface area (Å²) in [6.45, 7) is 0. The highest BCUT2D eigenvalue weighted by atomic mass is 16.2. The maximum absolute atomic E-state index is 10.8. The lowest BCUT2D eigenvalue weighted by Gasteiger charge is -2.09. The van der Waals surface area contributed by atoms with Crippen molar-refractivity contribution in [2.45, 2.75) is 57.8 Å². The molecule has 0 unspecified atom stereocenters. The minimum absolute atomic E-state index is 0.582. The third-order valence-electron chi connectivity index (χ3n) is 3.96. The standard InChI is InChI=1S/C17H25N3O/c18-17(21)20-19-16-8-3-1-2-6-14-10-12-15(13-11-14)7-4-5-9-16/h10-13H,1-9H2,(H3,18,20,21). The number of benzene rings is 1. The van der Waals surface area contributed by atoms with Crippen LogP contribution >= 0.6 is 0 Å². The Labute approximate surface area is 126 Å². The number of carbonyl (C=O) groups is 1. The molecule has 0 spiro atoms. The molecule has 2 aliphatic rings. The summed E-state index contributed by atoms with van der Waals surface area (Å²) in [5, 5.41) is 4.15. The maximum Gasteiger partial charge on any atom is 0.332 e. The van der Waals surface area contributed by atoms with E-state index in [1.165, 1.54) is 24.0 Å². The van der Waals surface area contributed by atoms with Gasteiger partial charge in [-0.15, -0.1) is 0 Å². The Morgan fingerprint density at radius 2 is 1.33 bits per heavy atom. The molecule has 0 saturated carbocycles. The fraction of sp³-hybridized carbons (Fsp3) is 0.529. The van der Waals surface area contributed by atoms with Gasteiger partial charge in [0.2, 0.25) is 0 Å². The Hall–Kier alpha value is -1.84. The average molecular weight is 287 g/mol. The van der Waals surface area contributed by atoms with Crippen molar-refractivity contribution in [2.24, 2.45) is 10.8 Å². The van der Waals surface area contributed by atoms with E-state index in [0.29, 0.717) is 0 Å². The predicted molar refractivity (Wildman–Crippen MR) is 86.3 cm³/mol. The Morgan fingerprint density at radius 1 is 0.857 bits per heavy atom. The molecule has 2 aliphatic carbocycles. The number of amides is 2. The first-order chi connectivity index (χ1) is 10.2. The molecule has 0 aromatic heterocycles. The highest BCUT2D eigenvalue weighted by Crippen LogP contribution is 2.15. The number of hydrogen-bond acceptors (Lipinski definition) is 2. The van der Waals surface area contributed by atoms with Crippen LogP contribution in [0.25, 0.3) is 0 Å². The van der Waals surface area contributed by atoms with Crippen LogP contribution in [0.4, 0.5) is 4.79 Å². The topological polar surface area (TPSA) is 67.5 Å². The Balaban J connectivity index is 1.94. The number of hydrazone groups is 1. The van der Waals surface area contributed by atoms with Crippen LogP contribution < -0.4 is 11.2 Å². The van der Waals surface area contributed by atoms with E-state index in [-0.39, 0.29) is 0 Å². The quantitative estimate of drug-likeness (QED) is 0.762. The normalized spacial score (nSPS) is 19.1. The number of nitrogens with zero attached hydrogens (tertiary/aromatic N) is 1. The van der Waals surface area contributed by atoms with E-state index in [4.69, 9.17) is 5.73 Å². The number of nitrogens with two attached hydrogens (primary N) is 1. The second kappa shape index (κ2) is 8.45. The van der Waals surface area contributed by atoms with E-state index < -0.39 is 6.03 Å². The molecule has 1 aromatic rings. The van der Waals surface area contributed by atoms with Gasteiger partial charge < -0.3 is 5.73 Å². The predicted octanol–water partition coefficient (Wildman–Crippen LogP) is 3.54. The van der Waals surface area contributed by atoms with Crippen molar-refractivity contribution in [3.05, 3.63) is 35.4 Å². The Kier molecular flexibility index (Phi) is 6.25. The Morgan fingerprint density at radius 3 is 1.90 bits per heavy atom. The van der Waals surface area contributed by atoms with E-state index >= 15 is 0 Å². The zero-order valence-corrected chi connectivity index (χ0v) is 12.6. The number of rotatable bonds is 1. The lowest BCUT2D eigenvalue weighted by atomic mass is 9.98. The number of aryl methyl sites for hydroxylation is 2. The molecule has 114 valence electrons. The summed E-state index contributed by atoms with van der Waals surface area (Å²) in [7, 11) is 0. The largest absolute Gasteiger partial charge is 0.350 e. The molecule has 4 nitrogen and oxygen atoms in total. The molecule has 0 fully saturated rings. The fourth-order valence-corrected chi connectivity index (χ4v) is 2.74. The molecular formula is C17H25N3O. The van der Waals surface area contributed by atoms with Crippen LogP contribution in [0.3, 0.4) is 0 Å². The second-order valence-corrected chi connectivity index (χ2v) is 5.74. The lowest BCUT2D eigenvalue weighted by Crippen LogP contribution is -2.25. The van der Waals surface area contributed by atoms with E-state index in [1.807, 2.05) is 0 Å². The molecule has 0 heterocycles. The summed E-state index contributed by atoms with van der Waals surface area (Å²) in [5.74, 6) is 0. The minimum atomic E-state index is -0.582. The van der Waals surface area contributed by atoms with Crippen molar-refractivity contribution < 1.29 is 4.79 Å². The molecule has 0 radical (unpaired) electrons. The number of urea groups is 1. The molecule has 0 saturated heterocycles. The number of primary amides is 1. The van der Waals surface area contributed by atoms with Crippen LogP contribution in [-0.2, 0) is 12.8 Å². The van der Waals surface area contributed by atoms with Crippen molar-refractivity contribution in [1.82, 2.24) is 5.43 Å². The van der Waals surface area contributed by atoms with Gasteiger partial charge in [0.25, 0.3) is 0 Å².